The zero-order valence-electron chi connectivity index (χ0n) is 22.3. The molecule has 4 aromatic rings. The topological polar surface area (TPSA) is 141 Å². The molecule has 1 N–H and O–H groups in total. The van der Waals surface area contributed by atoms with Crippen LogP contribution in [0.2, 0.25) is 0 Å². The smallest absolute Gasteiger partial charge is 0.342 e. The van der Waals surface area contributed by atoms with Gasteiger partial charge in [-0.1, -0.05) is 6.07 Å². The van der Waals surface area contributed by atoms with E-state index in [0.29, 0.717) is 15.6 Å². The molecular formula is C28H26N2O9S. The molecule has 1 heterocycles. The Morgan fingerprint density at radius 1 is 0.875 bits per heavy atom. The number of nitrogens with one attached hydrogen (secondary N) is 1. The first-order chi connectivity index (χ1) is 19.0. The van der Waals surface area contributed by atoms with Crippen molar-refractivity contribution in [2.24, 2.45) is 0 Å². The van der Waals surface area contributed by atoms with Crippen LogP contribution in [0.1, 0.15) is 33.4 Å². The van der Waals surface area contributed by atoms with Crippen molar-refractivity contribution in [3.63, 3.8) is 0 Å². The van der Waals surface area contributed by atoms with Gasteiger partial charge in [0.05, 0.1) is 31.9 Å². The van der Waals surface area contributed by atoms with Crippen molar-refractivity contribution in [1.82, 2.24) is 0 Å². The van der Waals surface area contributed by atoms with E-state index in [1.165, 1.54) is 82.9 Å². The highest BCUT2D eigenvalue weighted by atomic mass is 32.2. The Morgan fingerprint density at radius 2 is 1.50 bits per heavy atom. The second-order valence-electron chi connectivity index (χ2n) is 8.52. The lowest BCUT2D eigenvalue weighted by Crippen LogP contribution is -2.37. The first kappa shape index (κ1) is 28.2. The maximum absolute atomic E-state index is 14.2. The van der Waals surface area contributed by atoms with Crippen molar-refractivity contribution >= 4 is 50.2 Å². The van der Waals surface area contributed by atoms with E-state index in [1.54, 1.807) is 13.0 Å². The van der Waals surface area contributed by atoms with Crippen molar-refractivity contribution in [2.45, 2.75) is 18.7 Å². The number of nitrogens with zero attached hydrogens (tertiary/aromatic N) is 1. The maximum atomic E-state index is 14.2. The van der Waals surface area contributed by atoms with Gasteiger partial charge >= 0.3 is 5.97 Å². The van der Waals surface area contributed by atoms with E-state index >= 15 is 0 Å². The first-order valence-corrected chi connectivity index (χ1v) is 13.3. The summed E-state index contributed by atoms with van der Waals surface area (Å²) in [5, 5.41) is 2.82. The van der Waals surface area contributed by atoms with E-state index in [4.69, 9.17) is 18.6 Å². The van der Waals surface area contributed by atoms with Crippen molar-refractivity contribution in [2.75, 3.05) is 31.0 Å². The number of anilines is 2. The number of fused-ring (bicyclic) bond motifs is 1. The molecule has 0 spiro atoms. The second-order valence-corrected chi connectivity index (χ2v) is 10.3. The molecule has 0 atom stereocenters. The number of rotatable bonds is 8. The van der Waals surface area contributed by atoms with Crippen molar-refractivity contribution in [1.29, 1.82) is 0 Å². The summed E-state index contributed by atoms with van der Waals surface area (Å²) in [6.45, 7) is 2.89. The van der Waals surface area contributed by atoms with E-state index in [2.05, 4.69) is 5.32 Å². The minimum Gasteiger partial charge on any atom is -0.496 e. The molecule has 1 aromatic heterocycles. The first-order valence-electron chi connectivity index (χ1n) is 11.8. The molecule has 0 aliphatic rings. The van der Waals surface area contributed by atoms with E-state index in [9.17, 15) is 22.8 Å². The summed E-state index contributed by atoms with van der Waals surface area (Å²) in [5.74, 6) is -1.56. The van der Waals surface area contributed by atoms with Gasteiger partial charge in [0.25, 0.3) is 15.9 Å². The summed E-state index contributed by atoms with van der Waals surface area (Å²) >= 11 is 0. The molecule has 0 unspecified atom stereocenters. The zero-order chi connectivity index (χ0) is 29.2. The van der Waals surface area contributed by atoms with Gasteiger partial charge in [0, 0.05) is 18.0 Å². The van der Waals surface area contributed by atoms with Crippen molar-refractivity contribution in [3.05, 3.63) is 77.6 Å². The molecule has 12 heteroatoms. The Balaban J connectivity index is 1.97. The SMILES string of the molecule is COC(=O)c1c(C)oc2ccc(N(C(=O)c3c(OC)cccc3OC)S(=O)(=O)c3ccc(NC(C)=O)cc3)cc12. The number of amides is 2. The number of carbonyl (C=O) groups excluding carboxylic acids is 3. The van der Waals surface area contributed by atoms with E-state index < -0.39 is 21.9 Å². The van der Waals surface area contributed by atoms with E-state index in [0.717, 1.165) is 0 Å². The number of aryl methyl sites for hydroxylation is 1. The third-order valence-electron chi connectivity index (χ3n) is 6.01. The Kier molecular flexibility index (Phi) is 7.82. The molecular weight excluding hydrogens is 540 g/mol. The number of hydrogen-bond acceptors (Lipinski definition) is 9. The van der Waals surface area contributed by atoms with Crippen LogP contribution in [0.15, 0.2) is 70.0 Å². The molecule has 11 nitrogen and oxygen atoms in total. The number of hydrogen-bond donors (Lipinski definition) is 1. The van der Waals surface area contributed by atoms with Gasteiger partial charge in [-0.05, 0) is 61.5 Å². The zero-order valence-corrected chi connectivity index (χ0v) is 23.1. The van der Waals surface area contributed by atoms with Crippen LogP contribution in [0.5, 0.6) is 11.5 Å². The molecule has 208 valence electrons. The highest BCUT2D eigenvalue weighted by Crippen LogP contribution is 2.37. The summed E-state index contributed by atoms with van der Waals surface area (Å²) in [4.78, 5) is 37.8. The summed E-state index contributed by atoms with van der Waals surface area (Å²) in [6.07, 6.45) is 0. The Bertz CT molecular complexity index is 1700. The highest BCUT2D eigenvalue weighted by molar-refractivity contribution is 7.93. The monoisotopic (exact) mass is 566 g/mol. The molecule has 3 aromatic carbocycles. The number of methoxy groups -OCH3 is 3. The number of benzene rings is 3. The van der Waals surface area contributed by atoms with Crippen molar-refractivity contribution in [3.8, 4) is 11.5 Å². The molecule has 0 bridgehead atoms. The van der Waals surface area contributed by atoms with Crippen LogP contribution < -0.4 is 19.1 Å². The van der Waals surface area contributed by atoms with Gasteiger partial charge in [0.2, 0.25) is 5.91 Å². The van der Waals surface area contributed by atoms with Gasteiger partial charge in [0.1, 0.15) is 34.0 Å². The minimum atomic E-state index is -4.58. The molecule has 0 saturated carbocycles. The lowest BCUT2D eigenvalue weighted by Gasteiger charge is -2.24. The molecule has 0 saturated heterocycles. The fraction of sp³-hybridized carbons (Fsp3) is 0.179. The van der Waals surface area contributed by atoms with Crippen LogP contribution in [0, 0.1) is 6.92 Å². The quantitative estimate of drug-likeness (QED) is 0.304. The lowest BCUT2D eigenvalue weighted by molar-refractivity contribution is -0.114. The summed E-state index contributed by atoms with van der Waals surface area (Å²) in [5.41, 5.74) is 0.540. The van der Waals surface area contributed by atoms with Gasteiger partial charge in [-0.15, -0.1) is 0 Å². The average molecular weight is 567 g/mol. The standard InChI is InChI=1S/C28H26N2O9S/c1-16-25(28(33)38-5)21-15-19(11-14-22(21)39-16)30(27(32)26-23(36-3)7-6-8-24(26)37-4)40(34,35)20-12-9-18(10-13-20)29-17(2)31/h6-15H,1-5H3,(H,29,31). The van der Waals surface area contributed by atoms with E-state index in [-0.39, 0.29) is 50.3 Å². The normalized spacial score (nSPS) is 11.1. The molecule has 40 heavy (non-hydrogen) atoms. The van der Waals surface area contributed by atoms with Gasteiger partial charge in [0.15, 0.2) is 0 Å². The summed E-state index contributed by atoms with van der Waals surface area (Å²) in [7, 11) is -0.690. The largest absolute Gasteiger partial charge is 0.496 e. The molecule has 0 aliphatic carbocycles. The van der Waals surface area contributed by atoms with Gasteiger partial charge in [-0.2, -0.15) is 4.31 Å². The number of carbonyl (C=O) groups is 3. The van der Waals surface area contributed by atoms with Crippen LogP contribution in [0.3, 0.4) is 0 Å². The van der Waals surface area contributed by atoms with E-state index in [1.807, 2.05) is 0 Å². The minimum absolute atomic E-state index is 0.0812. The number of furan rings is 1. The van der Waals surface area contributed by atoms with Gasteiger partial charge < -0.3 is 23.9 Å². The Hall–Kier alpha value is -4.84. The summed E-state index contributed by atoms with van der Waals surface area (Å²) < 4.78 is 50.1. The van der Waals surface area contributed by atoms with Crippen LogP contribution >= 0.6 is 0 Å². The predicted molar refractivity (Wildman–Crippen MR) is 147 cm³/mol. The summed E-state index contributed by atoms with van der Waals surface area (Å²) in [6, 6.07) is 14.1. The molecule has 0 radical (unpaired) electrons. The second kappa shape index (κ2) is 11.1. The Labute approximate surface area is 230 Å². The fourth-order valence-electron chi connectivity index (χ4n) is 4.24. The average Bonchev–Trinajstić information content (AvgIpc) is 3.26. The van der Waals surface area contributed by atoms with Crippen molar-refractivity contribution < 1.29 is 41.4 Å². The van der Waals surface area contributed by atoms with Crippen LogP contribution in [0.25, 0.3) is 11.0 Å². The Morgan fingerprint density at radius 3 is 2.05 bits per heavy atom. The lowest BCUT2D eigenvalue weighted by atomic mass is 10.1. The molecule has 2 amide bonds. The fourth-order valence-corrected chi connectivity index (χ4v) is 5.63. The molecule has 0 fully saturated rings. The van der Waals surface area contributed by atoms with Crippen LogP contribution in [-0.4, -0.2) is 47.5 Å². The van der Waals surface area contributed by atoms with Crippen LogP contribution in [0.4, 0.5) is 11.4 Å². The highest BCUT2D eigenvalue weighted by Gasteiger charge is 2.36. The predicted octanol–water partition coefficient (Wildman–Crippen LogP) is 4.54. The number of ether oxygens (including phenoxy) is 3. The third-order valence-corrected chi connectivity index (χ3v) is 7.74. The van der Waals surface area contributed by atoms with Crippen LogP contribution in [-0.2, 0) is 19.6 Å². The number of esters is 1. The molecule has 0 aliphatic heterocycles. The van der Waals surface area contributed by atoms with Gasteiger partial charge in [-0.25, -0.2) is 13.2 Å². The molecule has 4 rings (SSSR count). The third kappa shape index (κ3) is 5.08. The number of sulfonamides is 1. The van der Waals surface area contributed by atoms with Gasteiger partial charge in [-0.3, -0.25) is 9.59 Å². The maximum Gasteiger partial charge on any atom is 0.342 e.